The van der Waals surface area contributed by atoms with Gasteiger partial charge in [0.05, 0.1) is 24.0 Å². The van der Waals surface area contributed by atoms with E-state index in [4.69, 9.17) is 18.9 Å². The lowest BCUT2D eigenvalue weighted by Gasteiger charge is -2.61. The fourth-order valence-corrected chi connectivity index (χ4v) is 7.39. The number of carbonyl (C=O) groups excluding carboxylic acids is 3. The van der Waals surface area contributed by atoms with Gasteiger partial charge in [0.15, 0.2) is 6.10 Å². The number of aliphatic hydroxyl groups is 2. The predicted octanol–water partition coefficient (Wildman–Crippen LogP) is 1.69. The van der Waals surface area contributed by atoms with Crippen LogP contribution < -0.4 is 4.74 Å². The van der Waals surface area contributed by atoms with Crippen molar-refractivity contribution in [2.45, 2.75) is 74.6 Å². The summed E-state index contributed by atoms with van der Waals surface area (Å²) < 4.78 is 22.6. The Morgan fingerprint density at radius 3 is 2.55 bits per heavy atom. The smallest absolute Gasteiger partial charge is 0.357 e. The van der Waals surface area contributed by atoms with E-state index in [0.717, 1.165) is 18.1 Å². The molecule has 1 fully saturated rings. The van der Waals surface area contributed by atoms with Gasteiger partial charge in [-0.3, -0.25) is 9.59 Å². The predicted molar refractivity (Wildman–Crippen MR) is 150 cm³/mol. The molecule has 44 heavy (non-hydrogen) atoms. The van der Waals surface area contributed by atoms with Crippen molar-refractivity contribution in [1.29, 1.82) is 0 Å². The van der Waals surface area contributed by atoms with Crippen molar-refractivity contribution in [3.05, 3.63) is 76.6 Å². The second kappa shape index (κ2) is 11.0. The fraction of sp³-hybridized carbons (Fsp3) is 0.438. The highest BCUT2D eigenvalue weighted by Crippen LogP contribution is 2.64. The fourth-order valence-electron chi connectivity index (χ4n) is 7.39. The minimum Gasteiger partial charge on any atom is -0.481 e. The maximum absolute atomic E-state index is 13.8. The Kier molecular flexibility index (Phi) is 7.47. The van der Waals surface area contributed by atoms with Crippen molar-refractivity contribution in [1.82, 2.24) is 4.90 Å². The highest BCUT2D eigenvalue weighted by Gasteiger charge is 2.72. The number of nitrogens with zero attached hydrogens (tertiary/aromatic N) is 1. The first-order chi connectivity index (χ1) is 21.0. The minimum atomic E-state index is -1.80. The molecule has 3 N–H and O–H groups in total. The number of carboxylic acids is 1. The molecule has 6 atom stereocenters. The molecule has 6 rings (SSSR count). The van der Waals surface area contributed by atoms with Crippen molar-refractivity contribution in [3.8, 4) is 5.75 Å². The number of likely N-dealkylation sites (N-methyl/N-ethyl adjacent to an activating group) is 1. The molecule has 4 aliphatic rings. The number of ether oxygens (including phenoxy) is 4. The number of likely N-dealkylation sites (tertiary alicyclic amines) is 1. The zero-order valence-corrected chi connectivity index (χ0v) is 24.2. The molecule has 2 bridgehead atoms. The van der Waals surface area contributed by atoms with E-state index in [1.54, 1.807) is 36.4 Å². The van der Waals surface area contributed by atoms with Gasteiger partial charge in [-0.05, 0) is 38.1 Å². The van der Waals surface area contributed by atoms with E-state index < -0.39 is 59.6 Å². The number of aliphatic carboxylic acids is 1. The van der Waals surface area contributed by atoms with Gasteiger partial charge in [-0.25, -0.2) is 9.59 Å². The van der Waals surface area contributed by atoms with E-state index in [2.05, 4.69) is 4.90 Å². The molecule has 232 valence electrons. The Bertz CT molecular complexity index is 1550. The van der Waals surface area contributed by atoms with E-state index in [1.807, 2.05) is 19.2 Å². The molecule has 0 unspecified atom stereocenters. The highest BCUT2D eigenvalue weighted by atomic mass is 16.6. The molecule has 0 radical (unpaired) electrons. The molecule has 2 aliphatic carbocycles. The number of hydrogen-bond donors (Lipinski definition) is 3. The average Bonchev–Trinajstić information content (AvgIpc) is 3.35. The quantitative estimate of drug-likeness (QED) is 0.279. The van der Waals surface area contributed by atoms with Crippen LogP contribution in [0.15, 0.2) is 54.3 Å². The zero-order chi connectivity index (χ0) is 31.4. The maximum atomic E-state index is 13.8. The summed E-state index contributed by atoms with van der Waals surface area (Å²) in [7, 11) is 1.97. The van der Waals surface area contributed by atoms with E-state index in [0.29, 0.717) is 30.7 Å². The minimum absolute atomic E-state index is 0.149. The van der Waals surface area contributed by atoms with Crippen molar-refractivity contribution in [3.63, 3.8) is 0 Å². The monoisotopic (exact) mass is 607 g/mol. The molecule has 0 amide bonds. The topological polar surface area (TPSA) is 169 Å². The summed E-state index contributed by atoms with van der Waals surface area (Å²) in [5, 5.41) is 31.9. The maximum Gasteiger partial charge on any atom is 0.357 e. The third-order valence-corrected chi connectivity index (χ3v) is 9.35. The molecule has 12 heteroatoms. The van der Waals surface area contributed by atoms with Gasteiger partial charge in [0.2, 0.25) is 12.2 Å². The van der Waals surface area contributed by atoms with Crippen LogP contribution in [0.25, 0.3) is 0 Å². The second-order valence-corrected chi connectivity index (χ2v) is 11.7. The molecule has 2 heterocycles. The first-order valence-corrected chi connectivity index (χ1v) is 14.4. The van der Waals surface area contributed by atoms with Gasteiger partial charge < -0.3 is 39.2 Å². The number of piperidine rings is 1. The van der Waals surface area contributed by atoms with Gasteiger partial charge in [-0.15, -0.1) is 0 Å². The van der Waals surface area contributed by atoms with Crippen LogP contribution in [0.5, 0.6) is 5.75 Å². The molecule has 2 aromatic carbocycles. The van der Waals surface area contributed by atoms with Crippen LogP contribution in [0.3, 0.4) is 0 Å². The zero-order valence-electron chi connectivity index (χ0n) is 24.2. The van der Waals surface area contributed by atoms with Crippen molar-refractivity contribution in [2.24, 2.45) is 0 Å². The van der Waals surface area contributed by atoms with Crippen molar-refractivity contribution >= 4 is 23.9 Å². The Morgan fingerprint density at radius 1 is 1.11 bits per heavy atom. The van der Waals surface area contributed by atoms with Crippen LogP contribution in [0.1, 0.15) is 54.5 Å². The van der Waals surface area contributed by atoms with Crippen LogP contribution in [0, 0.1) is 0 Å². The Hall–Kier alpha value is -4.26. The van der Waals surface area contributed by atoms with Crippen molar-refractivity contribution < 1.29 is 53.4 Å². The Morgan fingerprint density at radius 2 is 1.86 bits per heavy atom. The van der Waals surface area contributed by atoms with Gasteiger partial charge in [-0.2, -0.15) is 0 Å². The van der Waals surface area contributed by atoms with Crippen LogP contribution in [-0.4, -0.2) is 81.5 Å². The van der Waals surface area contributed by atoms with Crippen LogP contribution in [0.4, 0.5) is 0 Å². The number of esters is 3. The number of rotatable bonds is 9. The summed E-state index contributed by atoms with van der Waals surface area (Å²) in [4.78, 5) is 51.6. The first kappa shape index (κ1) is 29.8. The number of carbonyl (C=O) groups is 4. The van der Waals surface area contributed by atoms with Gasteiger partial charge in [0.25, 0.3) is 0 Å². The van der Waals surface area contributed by atoms with Crippen LogP contribution in [0.2, 0.25) is 0 Å². The molecular formula is C32H33NO11. The third kappa shape index (κ3) is 4.56. The molecule has 0 aromatic heterocycles. The molecule has 1 saturated heterocycles. The normalized spacial score (nSPS) is 27.6. The molecule has 0 saturated carbocycles. The van der Waals surface area contributed by atoms with Crippen molar-refractivity contribution in [2.75, 3.05) is 13.6 Å². The summed E-state index contributed by atoms with van der Waals surface area (Å²) in [5.41, 5.74) is 0.494. The summed E-state index contributed by atoms with van der Waals surface area (Å²) >= 11 is 0. The SMILES string of the molecule is CC(=O)O[C@@H](CC(=O)O[C@H](C(=O)OC1=CC[C@@]2(O)[C@H]3Cc4ccc(CO)c5c4[C@@]2(CCN3C)[C@H]1O5)c1ccccc1)C(=O)O. The first-order valence-electron chi connectivity index (χ1n) is 14.4. The molecule has 1 spiro atoms. The number of carboxylic acid groups (broad SMARTS) is 1. The van der Waals surface area contributed by atoms with E-state index in [1.165, 1.54) is 0 Å². The van der Waals surface area contributed by atoms with Crippen LogP contribution >= 0.6 is 0 Å². The lowest BCUT2D eigenvalue weighted by Crippen LogP contribution is -2.74. The third-order valence-electron chi connectivity index (χ3n) is 9.35. The van der Waals surface area contributed by atoms with Gasteiger partial charge in [0.1, 0.15) is 11.5 Å². The second-order valence-electron chi connectivity index (χ2n) is 11.7. The number of benzene rings is 2. The summed E-state index contributed by atoms with van der Waals surface area (Å²) in [6.07, 6.45) is -2.19. The Balaban J connectivity index is 1.32. The lowest BCUT2D eigenvalue weighted by molar-refractivity contribution is -0.178. The molecule has 2 aromatic rings. The van der Waals surface area contributed by atoms with Gasteiger partial charge in [-0.1, -0.05) is 42.5 Å². The summed E-state index contributed by atoms with van der Waals surface area (Å²) in [6.45, 7) is 1.40. The Labute approximate surface area is 252 Å². The number of hydrogen-bond acceptors (Lipinski definition) is 11. The van der Waals surface area contributed by atoms with E-state index >= 15 is 0 Å². The standard InChI is InChI=1S/C32H33NO11/c1-17(35)41-22(29(37)38)15-24(36)43-27(18-6-4-3-5-7-18)30(39)42-21-10-11-32(40)23-14-19-8-9-20(16-34)26-25(19)31(32,28(21)44-26)12-13-33(23)2/h3-10,22-23,27-28,34,40H,11-16H2,1-2H3,(H,37,38)/t22-,23+,27-,28-,31-,32+/m0/s1. The van der Waals surface area contributed by atoms with E-state index in [-0.39, 0.29) is 30.4 Å². The molecular weight excluding hydrogens is 574 g/mol. The summed E-state index contributed by atoms with van der Waals surface area (Å²) in [6, 6.07) is 11.6. The molecule has 2 aliphatic heterocycles. The van der Waals surface area contributed by atoms with Crippen LogP contribution in [-0.2, 0) is 51.8 Å². The van der Waals surface area contributed by atoms with Gasteiger partial charge >= 0.3 is 23.9 Å². The van der Waals surface area contributed by atoms with Gasteiger partial charge in [0, 0.05) is 36.1 Å². The lowest BCUT2D eigenvalue weighted by atomic mass is 9.50. The highest BCUT2D eigenvalue weighted by molar-refractivity contribution is 5.85. The molecule has 12 nitrogen and oxygen atoms in total. The average molecular weight is 608 g/mol. The largest absolute Gasteiger partial charge is 0.481 e. The van der Waals surface area contributed by atoms with E-state index in [9.17, 15) is 34.5 Å². The number of aliphatic hydroxyl groups excluding tert-OH is 1. The summed E-state index contributed by atoms with van der Waals surface area (Å²) in [5.74, 6) is -3.86.